The molecule has 1 aliphatic heterocycles. The third-order valence-electron chi connectivity index (χ3n) is 2.62. The van der Waals surface area contributed by atoms with Crippen molar-refractivity contribution in [2.24, 2.45) is 5.92 Å². The number of nitrogens with one attached hydrogen (secondary N) is 1. The average molecular weight is 171 g/mol. The molecule has 2 aliphatic rings. The Kier molecular flexibility index (Phi) is 2.15. The van der Waals surface area contributed by atoms with Crippen LogP contribution in [0.25, 0.3) is 0 Å². The van der Waals surface area contributed by atoms with Gasteiger partial charge in [0.15, 0.2) is 0 Å². The summed E-state index contributed by atoms with van der Waals surface area (Å²) in [5.41, 5.74) is 0. The first-order valence-electron chi connectivity index (χ1n) is 4.67. The highest BCUT2D eigenvalue weighted by Gasteiger charge is 2.34. The normalized spacial score (nSPS) is 39.0. The Morgan fingerprint density at radius 2 is 2.36 bits per heavy atom. The second-order valence-electron chi connectivity index (χ2n) is 4.01. The fraction of sp³-hybridized carbons (Fsp3) is 1.00. The van der Waals surface area contributed by atoms with Gasteiger partial charge in [0.25, 0.3) is 0 Å². The van der Waals surface area contributed by atoms with Crippen LogP contribution in [0.2, 0.25) is 0 Å². The molecule has 0 amide bonds. The molecule has 0 aromatic carbocycles. The minimum absolute atomic E-state index is 0.430. The first-order chi connectivity index (χ1) is 5.29. The molecule has 1 nitrogen and oxygen atoms in total. The Bertz CT molecular complexity index is 136. The lowest BCUT2D eigenvalue weighted by Crippen LogP contribution is -2.43. The quantitative estimate of drug-likeness (QED) is 0.684. The van der Waals surface area contributed by atoms with Gasteiger partial charge in [-0.3, -0.25) is 0 Å². The lowest BCUT2D eigenvalue weighted by atomic mass is 10.1. The summed E-state index contributed by atoms with van der Waals surface area (Å²) in [4.78, 5) is 0.430. The molecule has 2 heteroatoms. The van der Waals surface area contributed by atoms with Crippen LogP contribution in [-0.2, 0) is 0 Å². The standard InChI is InChI=1S/C9H17NS/c1-9(7-8-3-4-8)10-5-2-6-11-9/h8,10H,2-7H2,1H3. The number of thioether (sulfide) groups is 1. The molecular weight excluding hydrogens is 154 g/mol. The molecule has 1 unspecified atom stereocenters. The van der Waals surface area contributed by atoms with Crippen molar-refractivity contribution < 1.29 is 0 Å². The fourth-order valence-corrected chi connectivity index (χ4v) is 3.07. The average Bonchev–Trinajstić information content (AvgIpc) is 2.72. The smallest absolute Gasteiger partial charge is 0.0619 e. The monoisotopic (exact) mass is 171 g/mol. The summed E-state index contributed by atoms with van der Waals surface area (Å²) in [6.07, 6.45) is 5.72. The highest BCUT2D eigenvalue weighted by Crippen LogP contribution is 2.41. The van der Waals surface area contributed by atoms with E-state index < -0.39 is 0 Å². The SMILES string of the molecule is CC1(CC2CC2)NCCCS1. The third-order valence-corrected chi connectivity index (χ3v) is 4.06. The number of rotatable bonds is 2. The van der Waals surface area contributed by atoms with Gasteiger partial charge in [-0.2, -0.15) is 0 Å². The Balaban J connectivity index is 1.84. The van der Waals surface area contributed by atoms with Crippen LogP contribution in [0.1, 0.15) is 32.6 Å². The molecular formula is C9H17NS. The third kappa shape index (κ3) is 2.12. The summed E-state index contributed by atoms with van der Waals surface area (Å²) >= 11 is 2.12. The molecule has 0 bridgehead atoms. The van der Waals surface area contributed by atoms with Gasteiger partial charge in [-0.25, -0.2) is 0 Å². The van der Waals surface area contributed by atoms with Gasteiger partial charge in [0.2, 0.25) is 0 Å². The van der Waals surface area contributed by atoms with E-state index in [1.165, 1.54) is 38.0 Å². The molecule has 0 aromatic heterocycles. The van der Waals surface area contributed by atoms with Crippen molar-refractivity contribution in [3.63, 3.8) is 0 Å². The largest absolute Gasteiger partial charge is 0.303 e. The van der Waals surface area contributed by atoms with Gasteiger partial charge in [0.1, 0.15) is 0 Å². The molecule has 1 saturated heterocycles. The highest BCUT2D eigenvalue weighted by molar-refractivity contribution is 8.00. The predicted molar refractivity (Wildman–Crippen MR) is 50.8 cm³/mol. The molecule has 0 radical (unpaired) electrons. The first kappa shape index (κ1) is 7.93. The Hall–Kier alpha value is 0.310. The van der Waals surface area contributed by atoms with Crippen molar-refractivity contribution in [2.45, 2.75) is 37.5 Å². The van der Waals surface area contributed by atoms with Crippen LogP contribution in [-0.4, -0.2) is 17.2 Å². The van der Waals surface area contributed by atoms with E-state index in [4.69, 9.17) is 0 Å². The number of hydrogen-bond acceptors (Lipinski definition) is 2. The van der Waals surface area contributed by atoms with E-state index in [9.17, 15) is 0 Å². The van der Waals surface area contributed by atoms with Crippen molar-refractivity contribution in [2.75, 3.05) is 12.3 Å². The van der Waals surface area contributed by atoms with Crippen molar-refractivity contribution >= 4 is 11.8 Å². The molecule has 2 rings (SSSR count). The maximum atomic E-state index is 3.63. The van der Waals surface area contributed by atoms with Gasteiger partial charge in [0.05, 0.1) is 4.87 Å². The Morgan fingerprint density at radius 3 is 2.91 bits per heavy atom. The van der Waals surface area contributed by atoms with Gasteiger partial charge in [-0.1, -0.05) is 12.8 Å². The van der Waals surface area contributed by atoms with Gasteiger partial charge in [-0.05, 0) is 38.0 Å². The summed E-state index contributed by atoms with van der Waals surface area (Å²) < 4.78 is 0. The van der Waals surface area contributed by atoms with E-state index in [0.717, 1.165) is 5.92 Å². The summed E-state index contributed by atoms with van der Waals surface area (Å²) in [5.74, 6) is 2.41. The second kappa shape index (κ2) is 2.98. The van der Waals surface area contributed by atoms with Crippen molar-refractivity contribution in [3.05, 3.63) is 0 Å². The maximum absolute atomic E-state index is 3.63. The molecule has 0 spiro atoms. The summed E-state index contributed by atoms with van der Waals surface area (Å²) in [7, 11) is 0. The van der Waals surface area contributed by atoms with Gasteiger partial charge >= 0.3 is 0 Å². The maximum Gasteiger partial charge on any atom is 0.0619 e. The Morgan fingerprint density at radius 1 is 1.55 bits per heavy atom. The predicted octanol–water partition coefficient (Wildman–Crippen LogP) is 2.23. The van der Waals surface area contributed by atoms with E-state index in [2.05, 4.69) is 24.0 Å². The molecule has 0 aromatic rings. The molecule has 64 valence electrons. The second-order valence-corrected chi connectivity index (χ2v) is 5.61. The zero-order valence-corrected chi connectivity index (χ0v) is 8.04. The molecule has 1 aliphatic carbocycles. The Labute approximate surface area is 73.3 Å². The summed E-state index contributed by atoms with van der Waals surface area (Å²) in [6.45, 7) is 3.60. The number of hydrogen-bond donors (Lipinski definition) is 1. The van der Waals surface area contributed by atoms with Crippen molar-refractivity contribution in [1.82, 2.24) is 5.32 Å². The van der Waals surface area contributed by atoms with Crippen LogP contribution in [0.4, 0.5) is 0 Å². The highest BCUT2D eigenvalue weighted by atomic mass is 32.2. The minimum atomic E-state index is 0.430. The van der Waals surface area contributed by atoms with E-state index in [1.807, 2.05) is 0 Å². The molecule has 1 heterocycles. The van der Waals surface area contributed by atoms with Crippen LogP contribution in [0, 0.1) is 5.92 Å². The topological polar surface area (TPSA) is 12.0 Å². The van der Waals surface area contributed by atoms with Crippen LogP contribution >= 0.6 is 11.8 Å². The van der Waals surface area contributed by atoms with E-state index in [1.54, 1.807) is 0 Å². The molecule has 11 heavy (non-hydrogen) atoms. The minimum Gasteiger partial charge on any atom is -0.303 e. The van der Waals surface area contributed by atoms with Gasteiger partial charge in [-0.15, -0.1) is 11.8 Å². The van der Waals surface area contributed by atoms with E-state index in [0.29, 0.717) is 4.87 Å². The van der Waals surface area contributed by atoms with Crippen molar-refractivity contribution in [1.29, 1.82) is 0 Å². The summed E-state index contributed by atoms with van der Waals surface area (Å²) in [6, 6.07) is 0. The van der Waals surface area contributed by atoms with E-state index in [-0.39, 0.29) is 0 Å². The van der Waals surface area contributed by atoms with Crippen molar-refractivity contribution in [3.8, 4) is 0 Å². The molecule has 1 N–H and O–H groups in total. The molecule has 2 fully saturated rings. The molecule has 1 atom stereocenters. The zero-order chi connectivity index (χ0) is 7.73. The summed E-state index contributed by atoms with van der Waals surface area (Å²) in [5, 5.41) is 3.63. The van der Waals surface area contributed by atoms with Gasteiger partial charge < -0.3 is 5.32 Å². The zero-order valence-electron chi connectivity index (χ0n) is 7.23. The lowest BCUT2D eigenvalue weighted by Gasteiger charge is -2.34. The van der Waals surface area contributed by atoms with Crippen LogP contribution in [0.5, 0.6) is 0 Å². The lowest BCUT2D eigenvalue weighted by molar-refractivity contribution is 0.434. The fourth-order valence-electron chi connectivity index (χ4n) is 1.78. The first-order valence-corrected chi connectivity index (χ1v) is 5.66. The van der Waals surface area contributed by atoms with Crippen LogP contribution in [0.3, 0.4) is 0 Å². The van der Waals surface area contributed by atoms with Crippen LogP contribution < -0.4 is 5.32 Å². The van der Waals surface area contributed by atoms with E-state index >= 15 is 0 Å². The molecule has 1 saturated carbocycles. The van der Waals surface area contributed by atoms with Crippen LogP contribution in [0.15, 0.2) is 0 Å². The van der Waals surface area contributed by atoms with Gasteiger partial charge in [0, 0.05) is 0 Å².